The van der Waals surface area contributed by atoms with Gasteiger partial charge in [-0.25, -0.2) is 0 Å². The number of nitrogens with one attached hydrogen (secondary N) is 1. The predicted molar refractivity (Wildman–Crippen MR) is 62.0 cm³/mol. The molecular weight excluding hydrogens is 204 g/mol. The van der Waals surface area contributed by atoms with Gasteiger partial charge in [0.05, 0.1) is 13.2 Å². The van der Waals surface area contributed by atoms with Gasteiger partial charge in [0.15, 0.2) is 0 Å². The molecule has 1 saturated heterocycles. The molecule has 1 aliphatic heterocycles. The minimum atomic E-state index is 0.0256. The van der Waals surface area contributed by atoms with E-state index < -0.39 is 0 Å². The van der Waals surface area contributed by atoms with Gasteiger partial charge in [0.2, 0.25) is 5.91 Å². The predicted octanol–water partition coefficient (Wildman–Crippen LogP) is 0.359. The van der Waals surface area contributed by atoms with Crippen LogP contribution in [0.4, 0.5) is 0 Å². The number of rotatable bonds is 4. The van der Waals surface area contributed by atoms with Gasteiger partial charge in [0, 0.05) is 12.6 Å². The number of carbonyl (C=O) groups is 1. The Morgan fingerprint density at radius 2 is 2.12 bits per heavy atom. The molecule has 16 heavy (non-hydrogen) atoms. The van der Waals surface area contributed by atoms with E-state index in [-0.39, 0.29) is 12.5 Å². The fourth-order valence-corrected chi connectivity index (χ4v) is 3.13. The van der Waals surface area contributed by atoms with Crippen molar-refractivity contribution in [2.24, 2.45) is 5.92 Å². The van der Waals surface area contributed by atoms with Crippen LogP contribution in [0.5, 0.6) is 0 Å². The highest BCUT2D eigenvalue weighted by Gasteiger charge is 2.36. The molecule has 4 heteroatoms. The summed E-state index contributed by atoms with van der Waals surface area (Å²) in [5.41, 5.74) is 0. The lowest BCUT2D eigenvalue weighted by Gasteiger charge is -2.31. The summed E-state index contributed by atoms with van der Waals surface area (Å²) in [7, 11) is 0. The molecule has 2 aliphatic rings. The number of aliphatic hydroxyl groups excluding tert-OH is 1. The average Bonchev–Trinajstić information content (AvgIpc) is 2.70. The van der Waals surface area contributed by atoms with Crippen molar-refractivity contribution in [3.05, 3.63) is 0 Å². The molecule has 2 unspecified atom stereocenters. The molecule has 0 spiro atoms. The van der Waals surface area contributed by atoms with Crippen LogP contribution in [0.3, 0.4) is 0 Å². The molecule has 0 aromatic heterocycles. The number of fused-ring (bicyclic) bond motifs is 1. The summed E-state index contributed by atoms with van der Waals surface area (Å²) in [5.74, 6) is 0.889. The Hall–Kier alpha value is -0.610. The molecule has 2 atom stereocenters. The average molecular weight is 226 g/mol. The Kier molecular flexibility index (Phi) is 4.18. The van der Waals surface area contributed by atoms with Crippen LogP contribution in [0.1, 0.15) is 32.1 Å². The first-order valence-corrected chi connectivity index (χ1v) is 6.43. The van der Waals surface area contributed by atoms with Crippen molar-refractivity contribution >= 4 is 5.91 Å². The second-order valence-electron chi connectivity index (χ2n) is 4.94. The monoisotopic (exact) mass is 226 g/mol. The number of hydrogen-bond acceptors (Lipinski definition) is 3. The van der Waals surface area contributed by atoms with Crippen molar-refractivity contribution in [1.29, 1.82) is 0 Å². The summed E-state index contributed by atoms with van der Waals surface area (Å²) >= 11 is 0. The van der Waals surface area contributed by atoms with Crippen molar-refractivity contribution in [3.8, 4) is 0 Å². The normalized spacial score (nSPS) is 30.1. The highest BCUT2D eigenvalue weighted by Crippen LogP contribution is 2.35. The Balaban J connectivity index is 1.79. The summed E-state index contributed by atoms with van der Waals surface area (Å²) in [4.78, 5) is 13.9. The minimum Gasteiger partial charge on any atom is -0.395 e. The van der Waals surface area contributed by atoms with Crippen molar-refractivity contribution in [1.82, 2.24) is 10.2 Å². The van der Waals surface area contributed by atoms with Crippen LogP contribution in [0, 0.1) is 5.92 Å². The van der Waals surface area contributed by atoms with E-state index in [1.165, 1.54) is 32.1 Å². The summed E-state index contributed by atoms with van der Waals surface area (Å²) < 4.78 is 0. The zero-order valence-electron chi connectivity index (χ0n) is 9.82. The second-order valence-corrected chi connectivity index (χ2v) is 4.94. The minimum absolute atomic E-state index is 0.0256. The van der Waals surface area contributed by atoms with Crippen LogP contribution >= 0.6 is 0 Å². The van der Waals surface area contributed by atoms with Gasteiger partial charge in [-0.2, -0.15) is 0 Å². The largest absolute Gasteiger partial charge is 0.395 e. The second kappa shape index (κ2) is 5.64. The van der Waals surface area contributed by atoms with Crippen molar-refractivity contribution < 1.29 is 9.90 Å². The van der Waals surface area contributed by atoms with Gasteiger partial charge in [-0.1, -0.05) is 12.8 Å². The lowest BCUT2D eigenvalue weighted by Crippen LogP contribution is -2.42. The third kappa shape index (κ3) is 2.74. The Labute approximate surface area is 97.0 Å². The number of amides is 1. The van der Waals surface area contributed by atoms with E-state index in [1.807, 2.05) is 0 Å². The first-order chi connectivity index (χ1) is 7.81. The molecular formula is C12H22N2O2. The summed E-state index contributed by atoms with van der Waals surface area (Å²) in [5, 5.41) is 11.4. The third-order valence-electron chi connectivity index (χ3n) is 3.91. The van der Waals surface area contributed by atoms with E-state index in [2.05, 4.69) is 10.2 Å². The van der Waals surface area contributed by atoms with Gasteiger partial charge < -0.3 is 10.4 Å². The van der Waals surface area contributed by atoms with Gasteiger partial charge in [-0.15, -0.1) is 0 Å². The first kappa shape index (κ1) is 11.9. The molecule has 92 valence electrons. The lowest BCUT2D eigenvalue weighted by atomic mass is 9.85. The molecule has 2 fully saturated rings. The highest BCUT2D eigenvalue weighted by molar-refractivity contribution is 5.78. The molecule has 1 aliphatic carbocycles. The summed E-state index contributed by atoms with van der Waals surface area (Å²) in [6.45, 7) is 1.99. The fraction of sp³-hybridized carbons (Fsp3) is 0.917. The summed E-state index contributed by atoms with van der Waals surface area (Å²) in [6.07, 6.45) is 6.55. The molecule has 1 saturated carbocycles. The van der Waals surface area contributed by atoms with Gasteiger partial charge in [0.1, 0.15) is 0 Å². The summed E-state index contributed by atoms with van der Waals surface area (Å²) in [6, 6.07) is 0.647. The van der Waals surface area contributed by atoms with Crippen LogP contribution < -0.4 is 5.32 Å². The van der Waals surface area contributed by atoms with E-state index in [1.54, 1.807) is 0 Å². The van der Waals surface area contributed by atoms with Crippen LogP contribution in [0.2, 0.25) is 0 Å². The molecule has 0 aromatic rings. The van der Waals surface area contributed by atoms with Crippen LogP contribution in [0.15, 0.2) is 0 Å². The zero-order chi connectivity index (χ0) is 11.4. The lowest BCUT2D eigenvalue weighted by molar-refractivity contribution is -0.122. The standard InChI is InChI=1S/C12H22N2O2/c15-8-6-13-12(16)9-14-7-5-10-3-1-2-4-11(10)14/h10-11,15H,1-9H2,(H,13,16). The number of aliphatic hydroxyl groups is 1. The fourth-order valence-electron chi connectivity index (χ4n) is 3.13. The van der Waals surface area contributed by atoms with Crippen molar-refractivity contribution in [2.45, 2.75) is 38.1 Å². The number of hydrogen-bond donors (Lipinski definition) is 2. The van der Waals surface area contributed by atoms with E-state index >= 15 is 0 Å². The molecule has 2 rings (SSSR count). The quantitative estimate of drug-likeness (QED) is 0.728. The smallest absolute Gasteiger partial charge is 0.234 e. The van der Waals surface area contributed by atoms with E-state index in [0.717, 1.165) is 12.5 Å². The Morgan fingerprint density at radius 1 is 1.31 bits per heavy atom. The molecule has 1 amide bonds. The van der Waals surface area contributed by atoms with E-state index in [9.17, 15) is 4.79 Å². The molecule has 0 radical (unpaired) electrons. The molecule has 1 heterocycles. The first-order valence-electron chi connectivity index (χ1n) is 6.43. The van der Waals surface area contributed by atoms with E-state index in [4.69, 9.17) is 5.11 Å². The van der Waals surface area contributed by atoms with Crippen molar-refractivity contribution in [3.63, 3.8) is 0 Å². The molecule has 0 bridgehead atoms. The Morgan fingerprint density at radius 3 is 2.94 bits per heavy atom. The SMILES string of the molecule is O=C(CN1CCC2CCCCC21)NCCO. The third-order valence-corrected chi connectivity index (χ3v) is 3.91. The maximum Gasteiger partial charge on any atom is 0.234 e. The van der Waals surface area contributed by atoms with Crippen LogP contribution in [0.25, 0.3) is 0 Å². The number of likely N-dealkylation sites (tertiary alicyclic amines) is 1. The van der Waals surface area contributed by atoms with Gasteiger partial charge in [-0.3, -0.25) is 9.69 Å². The van der Waals surface area contributed by atoms with Gasteiger partial charge >= 0.3 is 0 Å². The number of nitrogens with zero attached hydrogens (tertiary/aromatic N) is 1. The van der Waals surface area contributed by atoms with Crippen LogP contribution in [-0.2, 0) is 4.79 Å². The Bertz CT molecular complexity index is 245. The molecule has 0 aromatic carbocycles. The maximum absolute atomic E-state index is 11.6. The highest BCUT2D eigenvalue weighted by atomic mass is 16.3. The van der Waals surface area contributed by atoms with Crippen LogP contribution in [-0.4, -0.2) is 48.2 Å². The van der Waals surface area contributed by atoms with Gasteiger partial charge in [0.25, 0.3) is 0 Å². The zero-order valence-corrected chi connectivity index (χ0v) is 9.82. The maximum atomic E-state index is 11.6. The molecule has 2 N–H and O–H groups in total. The molecule has 4 nitrogen and oxygen atoms in total. The number of carbonyl (C=O) groups excluding carboxylic acids is 1. The van der Waals surface area contributed by atoms with E-state index in [0.29, 0.717) is 19.1 Å². The topological polar surface area (TPSA) is 52.6 Å². The van der Waals surface area contributed by atoms with Crippen molar-refractivity contribution in [2.75, 3.05) is 26.2 Å². The van der Waals surface area contributed by atoms with Gasteiger partial charge in [-0.05, 0) is 31.7 Å².